The van der Waals surface area contributed by atoms with Gasteiger partial charge in [0.15, 0.2) is 5.78 Å². The van der Waals surface area contributed by atoms with Crippen molar-refractivity contribution >= 4 is 17.4 Å². The van der Waals surface area contributed by atoms with E-state index in [-0.39, 0.29) is 18.1 Å². The van der Waals surface area contributed by atoms with Crippen molar-refractivity contribution in [2.75, 3.05) is 5.32 Å². The second kappa shape index (κ2) is 5.91. The number of hydrogen-bond donors (Lipinski definition) is 1. The summed E-state index contributed by atoms with van der Waals surface area (Å²) in [7, 11) is 0. The van der Waals surface area contributed by atoms with Crippen LogP contribution in [-0.2, 0) is 11.2 Å². The molecule has 0 saturated heterocycles. The molecule has 4 nitrogen and oxygen atoms in total. The number of carbonyl (C=O) groups excluding carboxylic acids is 2. The molecule has 0 atom stereocenters. The largest absolute Gasteiger partial charge is 0.326 e. The molecular formula is C15H14N2O2. The summed E-state index contributed by atoms with van der Waals surface area (Å²) < 4.78 is 0. The number of ketones is 1. The highest BCUT2D eigenvalue weighted by molar-refractivity contribution is 5.95. The minimum atomic E-state index is -0.130. The van der Waals surface area contributed by atoms with Crippen molar-refractivity contribution < 1.29 is 9.59 Å². The molecule has 1 amide bonds. The number of pyridine rings is 1. The summed E-state index contributed by atoms with van der Waals surface area (Å²) in [6.07, 6.45) is 1.89. The number of benzene rings is 1. The second-order valence-electron chi connectivity index (χ2n) is 4.18. The number of hydrogen-bond acceptors (Lipinski definition) is 3. The van der Waals surface area contributed by atoms with E-state index < -0.39 is 0 Å². The van der Waals surface area contributed by atoms with E-state index in [0.29, 0.717) is 11.3 Å². The lowest BCUT2D eigenvalue weighted by Crippen LogP contribution is -2.15. The van der Waals surface area contributed by atoms with Crippen LogP contribution in [0, 0.1) is 0 Å². The average Bonchev–Trinajstić information content (AvgIpc) is 2.40. The van der Waals surface area contributed by atoms with Gasteiger partial charge in [-0.1, -0.05) is 6.07 Å². The summed E-state index contributed by atoms with van der Waals surface area (Å²) in [5.74, 6) is -0.124. The van der Waals surface area contributed by atoms with Gasteiger partial charge in [-0.05, 0) is 43.3 Å². The Morgan fingerprint density at radius 3 is 2.42 bits per heavy atom. The SMILES string of the molecule is CC(=O)c1ccc(NC(=O)Cc2ccccn2)cc1. The number of nitrogens with one attached hydrogen (secondary N) is 1. The predicted octanol–water partition coefficient (Wildman–Crippen LogP) is 2.47. The highest BCUT2D eigenvalue weighted by Crippen LogP contribution is 2.10. The smallest absolute Gasteiger partial charge is 0.230 e. The van der Waals surface area contributed by atoms with Gasteiger partial charge in [0.25, 0.3) is 0 Å². The van der Waals surface area contributed by atoms with E-state index in [2.05, 4.69) is 10.3 Å². The van der Waals surface area contributed by atoms with Crippen LogP contribution in [0.3, 0.4) is 0 Å². The molecule has 0 aliphatic rings. The Hall–Kier alpha value is -2.49. The molecule has 0 unspecified atom stereocenters. The van der Waals surface area contributed by atoms with Gasteiger partial charge >= 0.3 is 0 Å². The normalized spacial score (nSPS) is 9.95. The van der Waals surface area contributed by atoms with Crippen molar-refractivity contribution in [2.45, 2.75) is 13.3 Å². The molecule has 2 aromatic rings. The molecule has 96 valence electrons. The maximum absolute atomic E-state index is 11.8. The van der Waals surface area contributed by atoms with Crippen LogP contribution in [0.2, 0.25) is 0 Å². The van der Waals surface area contributed by atoms with Gasteiger partial charge in [0.05, 0.1) is 6.42 Å². The van der Waals surface area contributed by atoms with Gasteiger partial charge < -0.3 is 5.32 Å². The summed E-state index contributed by atoms with van der Waals surface area (Å²) >= 11 is 0. The molecule has 0 aliphatic heterocycles. The second-order valence-corrected chi connectivity index (χ2v) is 4.18. The number of amides is 1. The topological polar surface area (TPSA) is 59.1 Å². The van der Waals surface area contributed by atoms with Crippen molar-refractivity contribution in [3.8, 4) is 0 Å². The van der Waals surface area contributed by atoms with Gasteiger partial charge in [-0.15, -0.1) is 0 Å². The lowest BCUT2D eigenvalue weighted by molar-refractivity contribution is -0.115. The molecule has 2 rings (SSSR count). The molecule has 4 heteroatoms. The highest BCUT2D eigenvalue weighted by atomic mass is 16.1. The van der Waals surface area contributed by atoms with Crippen LogP contribution < -0.4 is 5.32 Å². The molecule has 1 aromatic carbocycles. The molecule has 0 bridgehead atoms. The van der Waals surface area contributed by atoms with E-state index in [1.54, 1.807) is 36.5 Å². The summed E-state index contributed by atoms with van der Waals surface area (Å²) in [5, 5.41) is 2.77. The lowest BCUT2D eigenvalue weighted by atomic mass is 10.1. The fourth-order valence-corrected chi connectivity index (χ4v) is 1.66. The van der Waals surface area contributed by atoms with Gasteiger partial charge in [0.2, 0.25) is 5.91 Å². The van der Waals surface area contributed by atoms with Crippen molar-refractivity contribution in [1.29, 1.82) is 0 Å². The number of rotatable bonds is 4. The first kappa shape index (κ1) is 13.0. The summed E-state index contributed by atoms with van der Waals surface area (Å²) in [5.41, 5.74) is 2.02. The number of carbonyl (C=O) groups is 2. The maximum Gasteiger partial charge on any atom is 0.230 e. The third kappa shape index (κ3) is 3.74. The van der Waals surface area contributed by atoms with E-state index in [9.17, 15) is 9.59 Å². The molecule has 1 heterocycles. The van der Waals surface area contributed by atoms with E-state index >= 15 is 0 Å². The summed E-state index contributed by atoms with van der Waals surface area (Å²) in [6, 6.07) is 12.3. The van der Waals surface area contributed by atoms with Crippen molar-refractivity contribution in [3.05, 3.63) is 59.9 Å². The zero-order valence-corrected chi connectivity index (χ0v) is 10.6. The third-order valence-electron chi connectivity index (χ3n) is 2.64. The maximum atomic E-state index is 11.8. The number of nitrogens with zero attached hydrogens (tertiary/aromatic N) is 1. The predicted molar refractivity (Wildman–Crippen MR) is 73.0 cm³/mol. The Balaban J connectivity index is 1.97. The molecule has 0 saturated carbocycles. The van der Waals surface area contributed by atoms with Crippen LogP contribution in [0.5, 0.6) is 0 Å². The first-order chi connectivity index (χ1) is 9.15. The Labute approximate surface area is 111 Å². The van der Waals surface area contributed by atoms with Gasteiger partial charge in [0.1, 0.15) is 0 Å². The summed E-state index contributed by atoms with van der Waals surface area (Å²) in [4.78, 5) is 27.0. The van der Waals surface area contributed by atoms with Crippen LogP contribution in [0.15, 0.2) is 48.7 Å². The Morgan fingerprint density at radius 1 is 1.11 bits per heavy atom. The summed E-state index contributed by atoms with van der Waals surface area (Å²) in [6.45, 7) is 1.51. The van der Waals surface area contributed by atoms with Gasteiger partial charge in [0, 0.05) is 23.1 Å². The average molecular weight is 254 g/mol. The van der Waals surface area contributed by atoms with Gasteiger partial charge in [-0.2, -0.15) is 0 Å². The van der Waals surface area contributed by atoms with E-state index in [4.69, 9.17) is 0 Å². The molecule has 1 aromatic heterocycles. The molecular weight excluding hydrogens is 240 g/mol. The monoisotopic (exact) mass is 254 g/mol. The Kier molecular flexibility index (Phi) is 4.03. The van der Waals surface area contributed by atoms with Crippen molar-refractivity contribution in [2.24, 2.45) is 0 Å². The van der Waals surface area contributed by atoms with Crippen molar-refractivity contribution in [1.82, 2.24) is 4.98 Å². The van der Waals surface area contributed by atoms with E-state index in [1.165, 1.54) is 6.92 Å². The molecule has 1 N–H and O–H groups in total. The molecule has 0 aliphatic carbocycles. The minimum Gasteiger partial charge on any atom is -0.326 e. The Morgan fingerprint density at radius 2 is 1.84 bits per heavy atom. The van der Waals surface area contributed by atoms with Crippen LogP contribution in [0.1, 0.15) is 23.0 Å². The Bertz CT molecular complexity index is 577. The van der Waals surface area contributed by atoms with Crippen molar-refractivity contribution in [3.63, 3.8) is 0 Å². The zero-order chi connectivity index (χ0) is 13.7. The number of aromatic nitrogens is 1. The number of Topliss-reactive ketones (excluding diaryl/α,β-unsaturated/α-hetero) is 1. The van der Waals surface area contributed by atoms with Crippen LogP contribution in [-0.4, -0.2) is 16.7 Å². The van der Waals surface area contributed by atoms with E-state index in [0.717, 1.165) is 5.69 Å². The third-order valence-corrected chi connectivity index (χ3v) is 2.64. The zero-order valence-electron chi connectivity index (χ0n) is 10.6. The quantitative estimate of drug-likeness (QED) is 0.853. The highest BCUT2D eigenvalue weighted by Gasteiger charge is 2.05. The van der Waals surface area contributed by atoms with Crippen LogP contribution >= 0.6 is 0 Å². The van der Waals surface area contributed by atoms with Crippen LogP contribution in [0.4, 0.5) is 5.69 Å². The standard InChI is InChI=1S/C15H14N2O2/c1-11(18)12-5-7-13(8-6-12)17-15(19)10-14-4-2-3-9-16-14/h2-9H,10H2,1H3,(H,17,19). The first-order valence-electron chi connectivity index (χ1n) is 5.96. The molecule has 0 fully saturated rings. The van der Waals surface area contributed by atoms with Gasteiger partial charge in [-0.25, -0.2) is 0 Å². The fraction of sp³-hybridized carbons (Fsp3) is 0.133. The first-order valence-corrected chi connectivity index (χ1v) is 5.96. The molecule has 19 heavy (non-hydrogen) atoms. The van der Waals surface area contributed by atoms with Crippen LogP contribution in [0.25, 0.3) is 0 Å². The molecule has 0 spiro atoms. The minimum absolute atomic E-state index is 0.00589. The van der Waals surface area contributed by atoms with E-state index in [1.807, 2.05) is 12.1 Å². The van der Waals surface area contributed by atoms with Gasteiger partial charge in [-0.3, -0.25) is 14.6 Å². The fourth-order valence-electron chi connectivity index (χ4n) is 1.66. The number of anilines is 1. The molecule has 0 radical (unpaired) electrons. The lowest BCUT2D eigenvalue weighted by Gasteiger charge is -2.05.